The van der Waals surface area contributed by atoms with Crippen LogP contribution in [0.15, 0.2) is 36.4 Å². The van der Waals surface area contributed by atoms with Crippen molar-refractivity contribution in [2.75, 3.05) is 25.5 Å². The second kappa shape index (κ2) is 10.7. The third-order valence-electron chi connectivity index (χ3n) is 3.90. The van der Waals surface area contributed by atoms with Crippen LogP contribution in [0.1, 0.15) is 28.1 Å². The highest BCUT2D eigenvalue weighted by Crippen LogP contribution is 2.22. The highest BCUT2D eigenvalue weighted by atomic mass is 35.5. The molecule has 154 valence electrons. The number of rotatable bonds is 9. The van der Waals surface area contributed by atoms with Crippen molar-refractivity contribution in [1.82, 2.24) is 4.90 Å². The maximum atomic E-state index is 12.0. The summed E-state index contributed by atoms with van der Waals surface area (Å²) in [7, 11) is 1.44. The molecule has 0 aliphatic carbocycles. The summed E-state index contributed by atoms with van der Waals surface area (Å²) in [5.74, 6) is -1.76. The SMILES string of the molecule is Cc1ccc(NC(=O)CN(C)C(=O)COC(=O)CCC(=O)c2ccc(Cl)s2)cc1. The van der Waals surface area contributed by atoms with Crippen molar-refractivity contribution in [2.24, 2.45) is 0 Å². The van der Waals surface area contributed by atoms with Gasteiger partial charge in [-0.1, -0.05) is 29.3 Å². The molecule has 0 unspecified atom stereocenters. The van der Waals surface area contributed by atoms with E-state index < -0.39 is 18.5 Å². The van der Waals surface area contributed by atoms with Gasteiger partial charge in [0.1, 0.15) is 0 Å². The van der Waals surface area contributed by atoms with E-state index in [1.54, 1.807) is 24.3 Å². The van der Waals surface area contributed by atoms with Crippen LogP contribution < -0.4 is 5.32 Å². The molecule has 2 aromatic rings. The minimum atomic E-state index is -0.660. The highest BCUT2D eigenvalue weighted by Gasteiger charge is 2.17. The average molecular weight is 437 g/mol. The molecular formula is C20H21ClN2O5S. The molecule has 0 bridgehead atoms. The van der Waals surface area contributed by atoms with Gasteiger partial charge in [-0.05, 0) is 31.2 Å². The van der Waals surface area contributed by atoms with Gasteiger partial charge in [-0.25, -0.2) is 0 Å². The normalized spacial score (nSPS) is 10.3. The van der Waals surface area contributed by atoms with Crippen LogP contribution in [0, 0.1) is 6.92 Å². The van der Waals surface area contributed by atoms with Crippen molar-refractivity contribution in [1.29, 1.82) is 0 Å². The van der Waals surface area contributed by atoms with Gasteiger partial charge in [0.15, 0.2) is 12.4 Å². The van der Waals surface area contributed by atoms with Gasteiger partial charge in [-0.15, -0.1) is 11.3 Å². The molecule has 0 atom stereocenters. The first-order valence-electron chi connectivity index (χ1n) is 8.79. The zero-order valence-electron chi connectivity index (χ0n) is 16.1. The fraction of sp³-hybridized carbons (Fsp3) is 0.300. The molecule has 0 radical (unpaired) electrons. The van der Waals surface area contributed by atoms with Crippen LogP contribution in [-0.4, -0.2) is 48.7 Å². The minimum Gasteiger partial charge on any atom is -0.456 e. The number of aryl methyl sites for hydroxylation is 1. The Balaban J connectivity index is 1.69. The van der Waals surface area contributed by atoms with E-state index in [4.69, 9.17) is 16.3 Å². The molecule has 0 spiro atoms. The second-order valence-electron chi connectivity index (χ2n) is 6.35. The number of thiophene rings is 1. The number of anilines is 1. The molecule has 2 amide bonds. The molecule has 9 heteroatoms. The Kier molecular flexibility index (Phi) is 8.35. The van der Waals surface area contributed by atoms with Gasteiger partial charge in [0.05, 0.1) is 22.2 Å². The number of halogens is 1. The third-order valence-corrected chi connectivity index (χ3v) is 5.17. The first-order valence-corrected chi connectivity index (χ1v) is 9.98. The Bertz CT molecular complexity index is 895. The molecule has 0 saturated heterocycles. The predicted octanol–water partition coefficient (Wildman–Crippen LogP) is 3.31. The summed E-state index contributed by atoms with van der Waals surface area (Å²) in [6, 6.07) is 10.5. The maximum Gasteiger partial charge on any atom is 0.306 e. The number of esters is 1. The number of ketones is 1. The molecule has 0 saturated carbocycles. The van der Waals surface area contributed by atoms with E-state index in [-0.39, 0.29) is 31.1 Å². The van der Waals surface area contributed by atoms with Crippen LogP contribution >= 0.6 is 22.9 Å². The number of likely N-dealkylation sites (N-methyl/N-ethyl adjacent to an activating group) is 1. The Labute approximate surface area is 177 Å². The summed E-state index contributed by atoms with van der Waals surface area (Å²) in [5.41, 5.74) is 1.70. The lowest BCUT2D eigenvalue weighted by Crippen LogP contribution is -2.37. The topological polar surface area (TPSA) is 92.8 Å². The van der Waals surface area contributed by atoms with E-state index in [0.29, 0.717) is 14.9 Å². The first-order chi connectivity index (χ1) is 13.7. The van der Waals surface area contributed by atoms with Crippen LogP contribution in [-0.2, 0) is 19.1 Å². The molecule has 1 heterocycles. The van der Waals surface area contributed by atoms with Crippen LogP contribution in [0.3, 0.4) is 0 Å². The van der Waals surface area contributed by atoms with Crippen molar-refractivity contribution < 1.29 is 23.9 Å². The largest absolute Gasteiger partial charge is 0.456 e. The van der Waals surface area contributed by atoms with E-state index in [1.807, 2.05) is 19.1 Å². The summed E-state index contributed by atoms with van der Waals surface area (Å²) in [6.45, 7) is 1.26. The molecular weight excluding hydrogens is 416 g/mol. The third kappa shape index (κ3) is 7.67. The summed E-state index contributed by atoms with van der Waals surface area (Å²) in [6.07, 6.45) is -0.169. The van der Waals surface area contributed by atoms with Gasteiger partial charge < -0.3 is 15.0 Å². The van der Waals surface area contributed by atoms with E-state index in [1.165, 1.54) is 7.05 Å². The first kappa shape index (κ1) is 22.6. The summed E-state index contributed by atoms with van der Waals surface area (Å²) < 4.78 is 5.39. The smallest absolute Gasteiger partial charge is 0.306 e. The predicted molar refractivity (Wildman–Crippen MR) is 111 cm³/mol. The van der Waals surface area contributed by atoms with E-state index in [0.717, 1.165) is 21.8 Å². The standard InChI is InChI=1S/C20H21ClN2O5S/c1-13-3-5-14(6-4-13)22-18(25)11-23(2)19(26)12-28-20(27)10-7-15(24)16-8-9-17(21)29-16/h3-6,8-9H,7,10-12H2,1-2H3,(H,22,25). The van der Waals surface area contributed by atoms with Gasteiger partial charge in [0, 0.05) is 19.2 Å². The number of carbonyl (C=O) groups excluding carboxylic acids is 4. The van der Waals surface area contributed by atoms with Gasteiger partial charge in [0.2, 0.25) is 5.91 Å². The van der Waals surface area contributed by atoms with Crippen molar-refractivity contribution in [3.63, 3.8) is 0 Å². The molecule has 0 fully saturated rings. The fourth-order valence-electron chi connectivity index (χ4n) is 2.27. The lowest BCUT2D eigenvalue weighted by Gasteiger charge is -2.16. The molecule has 1 N–H and O–H groups in total. The quantitative estimate of drug-likeness (QED) is 0.481. The van der Waals surface area contributed by atoms with Crippen molar-refractivity contribution in [2.45, 2.75) is 19.8 Å². The Morgan fingerprint density at radius 2 is 1.76 bits per heavy atom. The molecule has 7 nitrogen and oxygen atoms in total. The molecule has 29 heavy (non-hydrogen) atoms. The Hall–Kier alpha value is -2.71. The number of hydrogen-bond donors (Lipinski definition) is 1. The van der Waals surface area contributed by atoms with Crippen molar-refractivity contribution in [3.05, 3.63) is 51.2 Å². The minimum absolute atomic E-state index is 0.0291. The van der Waals surface area contributed by atoms with Crippen LogP contribution in [0.2, 0.25) is 4.34 Å². The monoisotopic (exact) mass is 436 g/mol. The molecule has 0 aliphatic heterocycles. The average Bonchev–Trinajstić information content (AvgIpc) is 3.12. The molecule has 1 aromatic heterocycles. The van der Waals surface area contributed by atoms with Crippen molar-refractivity contribution >= 4 is 52.2 Å². The van der Waals surface area contributed by atoms with Crippen molar-refractivity contribution in [3.8, 4) is 0 Å². The Morgan fingerprint density at radius 3 is 2.38 bits per heavy atom. The van der Waals surface area contributed by atoms with E-state index >= 15 is 0 Å². The maximum absolute atomic E-state index is 12.0. The van der Waals surface area contributed by atoms with Gasteiger partial charge in [-0.2, -0.15) is 0 Å². The van der Waals surface area contributed by atoms with Gasteiger partial charge in [-0.3, -0.25) is 19.2 Å². The Morgan fingerprint density at radius 1 is 1.07 bits per heavy atom. The van der Waals surface area contributed by atoms with E-state index in [9.17, 15) is 19.2 Å². The van der Waals surface area contributed by atoms with Gasteiger partial charge in [0.25, 0.3) is 5.91 Å². The summed E-state index contributed by atoms with van der Waals surface area (Å²) >= 11 is 6.91. The lowest BCUT2D eigenvalue weighted by molar-refractivity contribution is -0.151. The number of amides is 2. The lowest BCUT2D eigenvalue weighted by atomic mass is 10.2. The van der Waals surface area contributed by atoms with E-state index in [2.05, 4.69) is 5.32 Å². The zero-order valence-corrected chi connectivity index (χ0v) is 17.6. The summed E-state index contributed by atoms with van der Waals surface area (Å²) in [5, 5.41) is 2.68. The number of Topliss-reactive ketones (excluding diaryl/α,β-unsaturated/α-hetero) is 1. The van der Waals surface area contributed by atoms with Gasteiger partial charge >= 0.3 is 5.97 Å². The summed E-state index contributed by atoms with van der Waals surface area (Å²) in [4.78, 5) is 49.3. The highest BCUT2D eigenvalue weighted by molar-refractivity contribution is 7.18. The van der Waals surface area contributed by atoms with Crippen LogP contribution in [0.25, 0.3) is 0 Å². The number of benzene rings is 1. The number of hydrogen-bond acceptors (Lipinski definition) is 6. The number of carbonyl (C=O) groups is 4. The molecule has 2 rings (SSSR count). The fourth-order valence-corrected chi connectivity index (χ4v) is 3.28. The van der Waals surface area contributed by atoms with Crippen LogP contribution in [0.5, 0.6) is 0 Å². The molecule has 1 aromatic carbocycles. The molecule has 0 aliphatic rings. The zero-order chi connectivity index (χ0) is 21.4. The van der Waals surface area contributed by atoms with Crippen LogP contribution in [0.4, 0.5) is 5.69 Å². The number of nitrogens with one attached hydrogen (secondary N) is 1. The second-order valence-corrected chi connectivity index (χ2v) is 8.07. The number of nitrogens with zero attached hydrogens (tertiary/aromatic N) is 1. The number of ether oxygens (including phenoxy) is 1.